The maximum absolute atomic E-state index is 12.6. The molecule has 1 amide bonds. The number of carboxylic acids is 1. The molecule has 1 aromatic carbocycles. The van der Waals surface area contributed by atoms with E-state index in [0.717, 1.165) is 12.8 Å². The number of anilines is 1. The average Bonchev–Trinajstić information content (AvgIpc) is 2.61. The zero-order chi connectivity index (χ0) is 19.3. The van der Waals surface area contributed by atoms with Crippen LogP contribution in [0.1, 0.15) is 51.0 Å². The van der Waals surface area contributed by atoms with Crippen LogP contribution in [0, 0.1) is 0 Å². The molecule has 7 nitrogen and oxygen atoms in total. The van der Waals surface area contributed by atoms with Gasteiger partial charge in [-0.15, -0.1) is 0 Å². The predicted octanol–water partition coefficient (Wildman–Crippen LogP) is 2.41. The molecular weight excluding hydrogens is 356 g/mol. The molecule has 1 saturated heterocycles. The summed E-state index contributed by atoms with van der Waals surface area (Å²) in [6.07, 6.45) is 2.58. The number of nitrogens with one attached hydrogen (secondary N) is 1. The minimum atomic E-state index is -3.44. The number of benzene rings is 1. The molecule has 0 bridgehead atoms. The smallest absolute Gasteiger partial charge is 0.310 e. The molecule has 0 saturated carbocycles. The van der Waals surface area contributed by atoms with E-state index < -0.39 is 28.0 Å². The molecule has 0 spiro atoms. The van der Waals surface area contributed by atoms with E-state index in [9.17, 15) is 18.0 Å². The highest BCUT2D eigenvalue weighted by atomic mass is 32.2. The molecule has 26 heavy (non-hydrogen) atoms. The Labute approximate surface area is 154 Å². The molecule has 144 valence electrons. The first kappa shape index (κ1) is 20.4. The summed E-state index contributed by atoms with van der Waals surface area (Å²) in [7, 11) is -3.44. The molecule has 1 aliphatic heterocycles. The molecule has 0 radical (unpaired) electrons. The molecule has 1 aromatic rings. The number of piperidine rings is 1. The van der Waals surface area contributed by atoms with Crippen molar-refractivity contribution in [1.82, 2.24) is 4.31 Å². The van der Waals surface area contributed by atoms with E-state index in [-0.39, 0.29) is 11.7 Å². The number of nitrogens with zero attached hydrogens (tertiary/aromatic N) is 1. The van der Waals surface area contributed by atoms with E-state index in [1.807, 2.05) is 0 Å². The minimum absolute atomic E-state index is 0.0402. The lowest BCUT2D eigenvalue weighted by Gasteiger charge is -2.33. The number of aliphatic carboxylic acids is 1. The van der Waals surface area contributed by atoms with Crippen LogP contribution in [0.25, 0.3) is 0 Å². The van der Waals surface area contributed by atoms with Crippen molar-refractivity contribution in [2.45, 2.75) is 51.5 Å². The molecule has 0 aromatic heterocycles. The number of sulfonamides is 1. The van der Waals surface area contributed by atoms with Crippen LogP contribution in [0.4, 0.5) is 5.69 Å². The molecule has 2 N–H and O–H groups in total. The Kier molecular flexibility index (Phi) is 6.77. The Morgan fingerprint density at radius 3 is 2.50 bits per heavy atom. The first-order chi connectivity index (χ1) is 12.3. The summed E-state index contributed by atoms with van der Waals surface area (Å²) in [5, 5.41) is 11.8. The molecule has 2 atom stereocenters. The van der Waals surface area contributed by atoms with Crippen molar-refractivity contribution in [3.8, 4) is 0 Å². The van der Waals surface area contributed by atoms with Gasteiger partial charge < -0.3 is 10.4 Å². The SMILES string of the molecule is CCCS(=O)(=O)N1CCCCC1C(=O)Nc1ccc(C(C)C(=O)O)cc1. The molecule has 1 heterocycles. The largest absolute Gasteiger partial charge is 0.481 e. The van der Waals surface area contributed by atoms with Gasteiger partial charge in [-0.05, 0) is 43.9 Å². The van der Waals surface area contributed by atoms with Crippen molar-refractivity contribution >= 4 is 27.6 Å². The summed E-state index contributed by atoms with van der Waals surface area (Å²) < 4.78 is 26.2. The Hall–Kier alpha value is -1.93. The maximum Gasteiger partial charge on any atom is 0.310 e. The summed E-state index contributed by atoms with van der Waals surface area (Å²) in [4.78, 5) is 23.7. The van der Waals surface area contributed by atoms with Crippen molar-refractivity contribution < 1.29 is 23.1 Å². The lowest BCUT2D eigenvalue weighted by atomic mass is 10.0. The fraction of sp³-hybridized carbons (Fsp3) is 0.556. The highest BCUT2D eigenvalue weighted by molar-refractivity contribution is 7.89. The number of amides is 1. The molecule has 1 fully saturated rings. The number of carboxylic acid groups (broad SMARTS) is 1. The van der Waals surface area contributed by atoms with Gasteiger partial charge in [-0.3, -0.25) is 9.59 Å². The Morgan fingerprint density at radius 1 is 1.27 bits per heavy atom. The summed E-state index contributed by atoms with van der Waals surface area (Å²) in [5.74, 6) is -1.85. The number of hydrogen-bond acceptors (Lipinski definition) is 4. The highest BCUT2D eigenvalue weighted by Gasteiger charge is 2.36. The van der Waals surface area contributed by atoms with Gasteiger partial charge in [0.2, 0.25) is 15.9 Å². The number of carbonyl (C=O) groups is 2. The van der Waals surface area contributed by atoms with Crippen LogP contribution in [0.2, 0.25) is 0 Å². The van der Waals surface area contributed by atoms with Crippen molar-refractivity contribution in [2.75, 3.05) is 17.6 Å². The third kappa shape index (κ3) is 4.82. The van der Waals surface area contributed by atoms with E-state index in [0.29, 0.717) is 30.6 Å². The van der Waals surface area contributed by atoms with Crippen molar-refractivity contribution in [1.29, 1.82) is 0 Å². The molecule has 0 aliphatic carbocycles. The summed E-state index contributed by atoms with van der Waals surface area (Å²) in [5.41, 5.74) is 1.16. The third-order valence-electron chi connectivity index (χ3n) is 4.62. The van der Waals surface area contributed by atoms with E-state index in [2.05, 4.69) is 5.32 Å². The zero-order valence-corrected chi connectivity index (χ0v) is 16.0. The Morgan fingerprint density at radius 2 is 1.92 bits per heavy atom. The monoisotopic (exact) mass is 382 g/mol. The van der Waals surface area contributed by atoms with Gasteiger partial charge >= 0.3 is 5.97 Å². The van der Waals surface area contributed by atoms with E-state index >= 15 is 0 Å². The first-order valence-electron chi connectivity index (χ1n) is 8.89. The number of carbonyl (C=O) groups excluding carboxylic acids is 1. The fourth-order valence-corrected chi connectivity index (χ4v) is 4.85. The third-order valence-corrected chi connectivity index (χ3v) is 6.70. The predicted molar refractivity (Wildman–Crippen MR) is 99.5 cm³/mol. The van der Waals surface area contributed by atoms with E-state index in [1.54, 1.807) is 38.1 Å². The standard InChI is InChI=1S/C18H26N2O5S/c1-3-12-26(24,25)20-11-5-4-6-16(20)17(21)19-15-9-7-14(8-10-15)13(2)18(22)23/h7-10,13,16H,3-6,11-12H2,1-2H3,(H,19,21)(H,22,23). The van der Waals surface area contributed by atoms with Gasteiger partial charge in [-0.1, -0.05) is 25.5 Å². The lowest BCUT2D eigenvalue weighted by Crippen LogP contribution is -2.50. The van der Waals surface area contributed by atoms with Gasteiger partial charge in [0.15, 0.2) is 0 Å². The quantitative estimate of drug-likeness (QED) is 0.754. The normalized spacial score (nSPS) is 19.7. The molecule has 2 unspecified atom stereocenters. The van der Waals surface area contributed by atoms with Gasteiger partial charge in [0.25, 0.3) is 0 Å². The van der Waals surface area contributed by atoms with Gasteiger partial charge in [-0.25, -0.2) is 8.42 Å². The Bertz CT molecular complexity index is 745. The number of rotatable bonds is 7. The Balaban J connectivity index is 2.11. The molecular formula is C18H26N2O5S. The van der Waals surface area contributed by atoms with Gasteiger partial charge in [0.1, 0.15) is 6.04 Å². The van der Waals surface area contributed by atoms with Gasteiger partial charge in [0, 0.05) is 12.2 Å². The first-order valence-corrected chi connectivity index (χ1v) is 10.5. The topological polar surface area (TPSA) is 104 Å². The van der Waals surface area contributed by atoms with Crippen LogP contribution < -0.4 is 5.32 Å². The zero-order valence-electron chi connectivity index (χ0n) is 15.1. The minimum Gasteiger partial charge on any atom is -0.481 e. The van der Waals surface area contributed by atoms with Crippen LogP contribution in [-0.2, 0) is 19.6 Å². The molecule has 1 aliphatic rings. The maximum atomic E-state index is 12.6. The summed E-state index contributed by atoms with van der Waals surface area (Å²) in [6, 6.07) is 5.89. The molecule has 2 rings (SSSR count). The average molecular weight is 382 g/mol. The van der Waals surface area contributed by atoms with Crippen LogP contribution in [0.15, 0.2) is 24.3 Å². The lowest BCUT2D eigenvalue weighted by molar-refractivity contribution is -0.138. The fourth-order valence-electron chi connectivity index (χ4n) is 3.10. The van der Waals surface area contributed by atoms with Crippen LogP contribution in [0.3, 0.4) is 0 Å². The van der Waals surface area contributed by atoms with Crippen LogP contribution >= 0.6 is 0 Å². The van der Waals surface area contributed by atoms with Gasteiger partial charge in [-0.2, -0.15) is 4.31 Å². The van der Waals surface area contributed by atoms with Gasteiger partial charge in [0.05, 0.1) is 11.7 Å². The van der Waals surface area contributed by atoms with E-state index in [1.165, 1.54) is 4.31 Å². The second-order valence-corrected chi connectivity index (χ2v) is 8.65. The van der Waals surface area contributed by atoms with Crippen molar-refractivity contribution in [3.05, 3.63) is 29.8 Å². The van der Waals surface area contributed by atoms with Crippen LogP contribution in [-0.4, -0.2) is 48.0 Å². The second-order valence-electron chi connectivity index (χ2n) is 6.61. The number of hydrogen-bond donors (Lipinski definition) is 2. The van der Waals surface area contributed by atoms with Crippen molar-refractivity contribution in [2.24, 2.45) is 0 Å². The highest BCUT2D eigenvalue weighted by Crippen LogP contribution is 2.23. The second kappa shape index (κ2) is 8.64. The van der Waals surface area contributed by atoms with Crippen LogP contribution in [0.5, 0.6) is 0 Å². The van der Waals surface area contributed by atoms with E-state index in [4.69, 9.17) is 5.11 Å². The summed E-state index contributed by atoms with van der Waals surface area (Å²) >= 11 is 0. The molecule has 8 heteroatoms. The summed E-state index contributed by atoms with van der Waals surface area (Å²) in [6.45, 7) is 3.76. The van der Waals surface area contributed by atoms with Crippen molar-refractivity contribution in [3.63, 3.8) is 0 Å².